The second kappa shape index (κ2) is 2.85. The summed E-state index contributed by atoms with van der Waals surface area (Å²) in [5.41, 5.74) is 1.19. The van der Waals surface area contributed by atoms with Crippen molar-refractivity contribution in [3.05, 3.63) is 35.8 Å². The monoisotopic (exact) mass is 179 g/mol. The van der Waals surface area contributed by atoms with Crippen LogP contribution in [0.15, 0.2) is 24.4 Å². The highest BCUT2D eigenvalue weighted by Gasteiger charge is 2.07. The summed E-state index contributed by atoms with van der Waals surface area (Å²) >= 11 is 0. The number of fused-ring (bicyclic) bond motifs is 1. The predicted octanol–water partition coefficient (Wildman–Crippen LogP) is 1.81. The van der Waals surface area contributed by atoms with Crippen LogP contribution in [-0.4, -0.2) is 9.67 Å². The molecule has 0 aliphatic heterocycles. The Kier molecular flexibility index (Phi) is 1.81. The minimum absolute atomic E-state index is 0.253. The van der Waals surface area contributed by atoms with Crippen LogP contribution in [0.5, 0.6) is 0 Å². The van der Waals surface area contributed by atoms with Crippen molar-refractivity contribution >= 4 is 10.9 Å². The van der Waals surface area contributed by atoms with Crippen molar-refractivity contribution < 1.29 is 9.50 Å². The number of hydrogen-bond acceptors (Lipinski definition) is 1. The van der Waals surface area contributed by atoms with Crippen LogP contribution >= 0.6 is 0 Å². The molecule has 1 aromatic carbocycles. The molecule has 68 valence electrons. The van der Waals surface area contributed by atoms with E-state index in [2.05, 4.69) is 0 Å². The zero-order valence-corrected chi connectivity index (χ0v) is 7.29. The molecule has 0 atom stereocenters. The lowest BCUT2D eigenvalue weighted by Gasteiger charge is -2.01. The highest BCUT2D eigenvalue weighted by molar-refractivity contribution is 5.81. The van der Waals surface area contributed by atoms with Crippen LogP contribution in [0.3, 0.4) is 0 Å². The van der Waals surface area contributed by atoms with Gasteiger partial charge in [-0.15, -0.1) is 0 Å². The van der Waals surface area contributed by atoms with E-state index in [-0.39, 0.29) is 12.4 Å². The van der Waals surface area contributed by atoms with Crippen molar-refractivity contribution in [2.24, 2.45) is 7.05 Å². The van der Waals surface area contributed by atoms with Gasteiger partial charge in [0.05, 0.1) is 12.1 Å². The maximum Gasteiger partial charge on any atom is 0.138 e. The molecule has 0 aliphatic carbocycles. The van der Waals surface area contributed by atoms with Crippen LogP contribution in [-0.2, 0) is 13.7 Å². The fraction of sp³-hybridized carbons (Fsp3) is 0.200. The summed E-state index contributed by atoms with van der Waals surface area (Å²) < 4.78 is 15.4. The molecule has 0 radical (unpaired) electrons. The molecular formula is C10H10FNO. The molecule has 0 bridgehead atoms. The van der Waals surface area contributed by atoms with Gasteiger partial charge in [-0.2, -0.15) is 0 Å². The van der Waals surface area contributed by atoms with Crippen molar-refractivity contribution in [1.82, 2.24) is 4.57 Å². The molecule has 3 heteroatoms. The first-order valence-electron chi connectivity index (χ1n) is 4.07. The van der Waals surface area contributed by atoms with Crippen LogP contribution < -0.4 is 0 Å². The minimum atomic E-state index is -0.319. The van der Waals surface area contributed by atoms with Gasteiger partial charge in [0.1, 0.15) is 5.82 Å². The van der Waals surface area contributed by atoms with E-state index in [9.17, 15) is 4.39 Å². The van der Waals surface area contributed by atoms with Crippen LogP contribution in [0.2, 0.25) is 0 Å². The van der Waals surface area contributed by atoms with Gasteiger partial charge in [0.15, 0.2) is 0 Å². The lowest BCUT2D eigenvalue weighted by atomic mass is 10.1. The van der Waals surface area contributed by atoms with E-state index in [4.69, 9.17) is 5.11 Å². The average Bonchev–Trinajstić information content (AvgIpc) is 2.50. The first kappa shape index (κ1) is 8.26. The maximum atomic E-state index is 13.5. The molecule has 1 heterocycles. The zero-order chi connectivity index (χ0) is 9.42. The summed E-state index contributed by atoms with van der Waals surface area (Å²) in [7, 11) is 1.86. The standard InChI is InChI=1S/C10H10FNO/c1-12-5-4-8-9(12)3-2-7(6-13)10(8)11/h2-5,13H,6H2,1H3. The van der Waals surface area contributed by atoms with Crippen LogP contribution in [0.4, 0.5) is 4.39 Å². The number of halogens is 1. The van der Waals surface area contributed by atoms with Crippen molar-refractivity contribution in [2.45, 2.75) is 6.61 Å². The van der Waals surface area contributed by atoms with Crippen LogP contribution in [0.25, 0.3) is 10.9 Å². The molecule has 0 saturated carbocycles. The SMILES string of the molecule is Cn1ccc2c(F)c(CO)ccc21. The number of aryl methyl sites for hydroxylation is 1. The van der Waals surface area contributed by atoms with Gasteiger partial charge in [-0.25, -0.2) is 4.39 Å². The third-order valence-corrected chi connectivity index (χ3v) is 2.25. The van der Waals surface area contributed by atoms with Gasteiger partial charge in [-0.05, 0) is 12.1 Å². The number of nitrogens with zero attached hydrogens (tertiary/aromatic N) is 1. The van der Waals surface area contributed by atoms with Gasteiger partial charge in [0.25, 0.3) is 0 Å². The molecule has 1 N–H and O–H groups in total. The maximum absolute atomic E-state index is 13.5. The van der Waals surface area contributed by atoms with E-state index in [0.29, 0.717) is 10.9 Å². The number of hydrogen-bond donors (Lipinski definition) is 1. The summed E-state index contributed by atoms with van der Waals surface area (Å²) in [6.07, 6.45) is 1.80. The summed E-state index contributed by atoms with van der Waals surface area (Å²) in [6, 6.07) is 5.13. The van der Waals surface area contributed by atoms with E-state index < -0.39 is 0 Å². The second-order valence-electron chi connectivity index (χ2n) is 3.06. The van der Waals surface area contributed by atoms with Crippen molar-refractivity contribution in [3.8, 4) is 0 Å². The molecule has 0 aliphatic rings. The highest BCUT2D eigenvalue weighted by Crippen LogP contribution is 2.21. The Morgan fingerprint density at radius 2 is 2.15 bits per heavy atom. The Balaban J connectivity index is 2.80. The molecule has 0 amide bonds. The Morgan fingerprint density at radius 1 is 1.38 bits per heavy atom. The fourth-order valence-electron chi connectivity index (χ4n) is 1.48. The molecular weight excluding hydrogens is 169 g/mol. The predicted molar refractivity (Wildman–Crippen MR) is 48.8 cm³/mol. The number of aliphatic hydroxyl groups is 1. The van der Waals surface area contributed by atoms with Gasteiger partial charge < -0.3 is 9.67 Å². The summed E-state index contributed by atoms with van der Waals surface area (Å²) in [6.45, 7) is -0.253. The third-order valence-electron chi connectivity index (χ3n) is 2.25. The molecule has 13 heavy (non-hydrogen) atoms. The number of aromatic nitrogens is 1. The Hall–Kier alpha value is -1.35. The summed E-state index contributed by atoms with van der Waals surface area (Å²) in [4.78, 5) is 0. The van der Waals surface area contributed by atoms with E-state index >= 15 is 0 Å². The highest BCUT2D eigenvalue weighted by atomic mass is 19.1. The van der Waals surface area contributed by atoms with Crippen molar-refractivity contribution in [3.63, 3.8) is 0 Å². The van der Waals surface area contributed by atoms with Crippen molar-refractivity contribution in [2.75, 3.05) is 0 Å². The Labute approximate surface area is 75.2 Å². The Bertz CT molecular complexity index is 447. The minimum Gasteiger partial charge on any atom is -0.392 e. The zero-order valence-electron chi connectivity index (χ0n) is 7.29. The van der Waals surface area contributed by atoms with Gasteiger partial charge in [-0.1, -0.05) is 6.07 Å². The van der Waals surface area contributed by atoms with Gasteiger partial charge in [-0.3, -0.25) is 0 Å². The second-order valence-corrected chi connectivity index (χ2v) is 3.06. The molecule has 0 fully saturated rings. The first-order valence-corrected chi connectivity index (χ1v) is 4.07. The van der Waals surface area contributed by atoms with E-state index in [0.717, 1.165) is 5.52 Å². The summed E-state index contributed by atoms with van der Waals surface area (Å²) in [5.74, 6) is -0.319. The molecule has 2 nitrogen and oxygen atoms in total. The number of benzene rings is 1. The van der Waals surface area contributed by atoms with E-state index in [1.807, 2.05) is 17.7 Å². The molecule has 1 aromatic heterocycles. The average molecular weight is 179 g/mol. The molecule has 0 unspecified atom stereocenters. The van der Waals surface area contributed by atoms with E-state index in [1.54, 1.807) is 18.3 Å². The smallest absolute Gasteiger partial charge is 0.138 e. The lowest BCUT2D eigenvalue weighted by Crippen LogP contribution is -1.91. The van der Waals surface area contributed by atoms with Crippen molar-refractivity contribution in [1.29, 1.82) is 0 Å². The van der Waals surface area contributed by atoms with Gasteiger partial charge in [0, 0.05) is 24.2 Å². The van der Waals surface area contributed by atoms with Gasteiger partial charge in [0.2, 0.25) is 0 Å². The summed E-state index contributed by atoms with van der Waals surface area (Å²) in [5, 5.41) is 9.40. The fourth-order valence-corrected chi connectivity index (χ4v) is 1.48. The van der Waals surface area contributed by atoms with E-state index in [1.165, 1.54) is 0 Å². The van der Waals surface area contributed by atoms with Crippen LogP contribution in [0, 0.1) is 5.82 Å². The first-order chi connectivity index (χ1) is 6.24. The number of rotatable bonds is 1. The lowest BCUT2D eigenvalue weighted by molar-refractivity contribution is 0.276. The normalized spacial score (nSPS) is 11.0. The quantitative estimate of drug-likeness (QED) is 0.709. The topological polar surface area (TPSA) is 25.2 Å². The number of aliphatic hydroxyl groups excluding tert-OH is 1. The van der Waals surface area contributed by atoms with Crippen LogP contribution in [0.1, 0.15) is 5.56 Å². The molecule has 0 saturated heterocycles. The molecule has 0 spiro atoms. The third kappa shape index (κ3) is 1.12. The Morgan fingerprint density at radius 3 is 2.85 bits per heavy atom. The van der Waals surface area contributed by atoms with Gasteiger partial charge >= 0.3 is 0 Å². The molecule has 2 rings (SSSR count). The largest absolute Gasteiger partial charge is 0.392 e. The molecule has 2 aromatic rings.